The van der Waals surface area contributed by atoms with Crippen LogP contribution in [0.5, 0.6) is 0 Å². The van der Waals surface area contributed by atoms with Gasteiger partial charge in [-0.3, -0.25) is 4.79 Å². The van der Waals surface area contributed by atoms with Crippen LogP contribution in [0, 0.1) is 13.8 Å². The number of rotatable bonds is 8. The van der Waals surface area contributed by atoms with E-state index < -0.39 is 0 Å². The molecule has 0 aliphatic heterocycles. The van der Waals surface area contributed by atoms with Crippen molar-refractivity contribution < 1.29 is 9.53 Å². The molecule has 0 aliphatic rings. The lowest BCUT2D eigenvalue weighted by atomic mass is 10.1. The zero-order valence-corrected chi connectivity index (χ0v) is 16.1. The maximum absolute atomic E-state index is 12.2. The predicted octanol–water partition coefficient (Wildman–Crippen LogP) is 3.62. The SMILES string of the molecule is Cc1nn(-c2ccc(Cl)cc2)c(C)c1CC(=O)NCCCOC(C)C. The lowest BCUT2D eigenvalue weighted by Crippen LogP contribution is -2.27. The summed E-state index contributed by atoms with van der Waals surface area (Å²) in [7, 11) is 0. The van der Waals surface area contributed by atoms with Gasteiger partial charge in [0.15, 0.2) is 0 Å². The van der Waals surface area contributed by atoms with Gasteiger partial charge in [-0.2, -0.15) is 5.10 Å². The first-order valence-corrected chi connectivity index (χ1v) is 8.95. The maximum atomic E-state index is 12.2. The first-order valence-electron chi connectivity index (χ1n) is 8.58. The van der Waals surface area contributed by atoms with E-state index in [1.54, 1.807) is 0 Å². The number of halogens is 1. The number of nitrogens with zero attached hydrogens (tertiary/aromatic N) is 2. The summed E-state index contributed by atoms with van der Waals surface area (Å²) in [6, 6.07) is 7.50. The van der Waals surface area contributed by atoms with Crippen LogP contribution in [0.3, 0.4) is 0 Å². The number of hydrogen-bond acceptors (Lipinski definition) is 3. The predicted molar refractivity (Wildman–Crippen MR) is 100 cm³/mol. The second kappa shape index (κ2) is 9.02. The van der Waals surface area contributed by atoms with Crippen LogP contribution in [-0.2, 0) is 16.0 Å². The van der Waals surface area contributed by atoms with Crippen molar-refractivity contribution in [3.05, 3.63) is 46.2 Å². The Balaban J connectivity index is 1.96. The van der Waals surface area contributed by atoms with Crippen LogP contribution in [0.2, 0.25) is 5.02 Å². The van der Waals surface area contributed by atoms with E-state index in [1.807, 2.05) is 56.6 Å². The van der Waals surface area contributed by atoms with Crippen molar-refractivity contribution in [3.8, 4) is 5.69 Å². The zero-order valence-electron chi connectivity index (χ0n) is 15.3. The van der Waals surface area contributed by atoms with Crippen molar-refractivity contribution in [2.45, 2.75) is 46.6 Å². The first kappa shape index (κ1) is 19.5. The number of nitrogens with one attached hydrogen (secondary N) is 1. The summed E-state index contributed by atoms with van der Waals surface area (Å²) >= 11 is 5.94. The monoisotopic (exact) mass is 363 g/mol. The lowest BCUT2D eigenvalue weighted by molar-refractivity contribution is -0.120. The molecule has 0 fully saturated rings. The van der Waals surface area contributed by atoms with E-state index in [4.69, 9.17) is 16.3 Å². The topological polar surface area (TPSA) is 56.2 Å². The molecule has 0 radical (unpaired) electrons. The summed E-state index contributed by atoms with van der Waals surface area (Å²) in [4.78, 5) is 12.2. The van der Waals surface area contributed by atoms with Gasteiger partial charge in [0.2, 0.25) is 5.91 Å². The highest BCUT2D eigenvalue weighted by Gasteiger charge is 2.15. The smallest absolute Gasteiger partial charge is 0.224 e. The van der Waals surface area contributed by atoms with Gasteiger partial charge >= 0.3 is 0 Å². The van der Waals surface area contributed by atoms with Crippen molar-refractivity contribution in [2.75, 3.05) is 13.2 Å². The van der Waals surface area contributed by atoms with Crippen molar-refractivity contribution in [1.29, 1.82) is 0 Å². The van der Waals surface area contributed by atoms with Crippen molar-refractivity contribution in [3.63, 3.8) is 0 Å². The molecule has 0 atom stereocenters. The van der Waals surface area contributed by atoms with Gasteiger partial charge in [-0.1, -0.05) is 11.6 Å². The van der Waals surface area contributed by atoms with Gasteiger partial charge in [-0.25, -0.2) is 4.68 Å². The Morgan fingerprint density at radius 2 is 1.96 bits per heavy atom. The van der Waals surface area contributed by atoms with Crippen molar-refractivity contribution in [2.24, 2.45) is 0 Å². The molecular weight excluding hydrogens is 338 g/mol. The molecule has 2 aromatic rings. The van der Waals surface area contributed by atoms with Crippen LogP contribution >= 0.6 is 11.6 Å². The Bertz CT molecular complexity index is 708. The number of ether oxygens (including phenoxy) is 1. The molecule has 0 saturated carbocycles. The molecule has 0 unspecified atom stereocenters. The number of aryl methyl sites for hydroxylation is 1. The average molecular weight is 364 g/mol. The molecule has 6 heteroatoms. The van der Waals surface area contributed by atoms with E-state index in [1.165, 1.54) is 0 Å². The molecule has 0 aliphatic carbocycles. The summed E-state index contributed by atoms with van der Waals surface area (Å²) in [6.45, 7) is 9.19. The normalized spacial score (nSPS) is 11.1. The largest absolute Gasteiger partial charge is 0.379 e. The Hall–Kier alpha value is -1.85. The number of benzene rings is 1. The van der Waals surface area contributed by atoms with E-state index in [9.17, 15) is 4.79 Å². The van der Waals surface area contributed by atoms with Crippen molar-refractivity contribution >= 4 is 17.5 Å². The fourth-order valence-electron chi connectivity index (χ4n) is 2.61. The second-order valence-corrected chi connectivity index (χ2v) is 6.77. The summed E-state index contributed by atoms with van der Waals surface area (Å²) in [5.74, 6) is 0.00593. The Morgan fingerprint density at radius 1 is 1.28 bits per heavy atom. The van der Waals surface area contributed by atoms with Gasteiger partial charge in [0.05, 0.1) is 23.9 Å². The molecule has 1 heterocycles. The van der Waals surface area contributed by atoms with Crippen molar-refractivity contribution in [1.82, 2.24) is 15.1 Å². The summed E-state index contributed by atoms with van der Waals surface area (Å²) < 4.78 is 7.32. The average Bonchev–Trinajstić information content (AvgIpc) is 2.83. The van der Waals surface area contributed by atoms with E-state index >= 15 is 0 Å². The molecule has 1 aromatic carbocycles. The van der Waals surface area contributed by atoms with Crippen LogP contribution in [0.1, 0.15) is 37.2 Å². The number of amides is 1. The van der Waals surface area contributed by atoms with Gasteiger partial charge in [0.25, 0.3) is 0 Å². The van der Waals surface area contributed by atoms with Gasteiger partial charge < -0.3 is 10.1 Å². The second-order valence-electron chi connectivity index (χ2n) is 6.34. The summed E-state index contributed by atoms with van der Waals surface area (Å²) in [5, 5.41) is 8.19. The quantitative estimate of drug-likeness (QED) is 0.729. The number of carbonyl (C=O) groups is 1. The molecule has 0 bridgehead atoms. The summed E-state index contributed by atoms with van der Waals surface area (Å²) in [5.41, 5.74) is 3.73. The fourth-order valence-corrected chi connectivity index (χ4v) is 2.73. The minimum Gasteiger partial charge on any atom is -0.379 e. The lowest BCUT2D eigenvalue weighted by Gasteiger charge is -2.09. The highest BCUT2D eigenvalue weighted by atomic mass is 35.5. The molecule has 1 N–H and O–H groups in total. The van der Waals surface area contributed by atoms with Gasteiger partial charge in [-0.05, 0) is 58.4 Å². The van der Waals surface area contributed by atoms with E-state index in [0.717, 1.165) is 29.1 Å². The zero-order chi connectivity index (χ0) is 18.4. The summed E-state index contributed by atoms with van der Waals surface area (Å²) in [6.07, 6.45) is 1.36. The van der Waals surface area contributed by atoms with Crippen LogP contribution in [-0.4, -0.2) is 34.9 Å². The minimum atomic E-state index is 0.00593. The van der Waals surface area contributed by atoms with Crippen LogP contribution < -0.4 is 5.32 Å². The number of carbonyl (C=O) groups excluding carboxylic acids is 1. The van der Waals surface area contributed by atoms with Gasteiger partial charge in [0, 0.05) is 29.4 Å². The highest BCUT2D eigenvalue weighted by molar-refractivity contribution is 6.30. The number of hydrogen-bond donors (Lipinski definition) is 1. The molecule has 5 nitrogen and oxygen atoms in total. The Morgan fingerprint density at radius 3 is 2.60 bits per heavy atom. The number of aromatic nitrogens is 2. The van der Waals surface area contributed by atoms with E-state index in [-0.39, 0.29) is 12.0 Å². The Labute approximate surface area is 154 Å². The molecule has 0 saturated heterocycles. The molecular formula is C19H26ClN3O2. The Kier molecular flexibility index (Phi) is 7.02. The molecule has 136 valence electrons. The van der Waals surface area contributed by atoms with Gasteiger partial charge in [0.1, 0.15) is 0 Å². The fraction of sp³-hybridized carbons (Fsp3) is 0.474. The molecule has 1 aromatic heterocycles. The molecule has 25 heavy (non-hydrogen) atoms. The molecule has 1 amide bonds. The third kappa shape index (κ3) is 5.58. The maximum Gasteiger partial charge on any atom is 0.224 e. The van der Waals surface area contributed by atoms with Crippen LogP contribution in [0.4, 0.5) is 0 Å². The third-order valence-corrected chi connectivity index (χ3v) is 4.20. The van der Waals surface area contributed by atoms with Crippen LogP contribution in [0.25, 0.3) is 5.69 Å². The third-order valence-electron chi connectivity index (χ3n) is 3.94. The highest BCUT2D eigenvalue weighted by Crippen LogP contribution is 2.20. The minimum absolute atomic E-state index is 0.00593. The molecule has 0 spiro atoms. The van der Waals surface area contributed by atoms with Crippen LogP contribution in [0.15, 0.2) is 24.3 Å². The first-order chi connectivity index (χ1) is 11.9. The van der Waals surface area contributed by atoms with E-state index in [2.05, 4.69) is 10.4 Å². The molecule has 2 rings (SSSR count). The van der Waals surface area contributed by atoms with E-state index in [0.29, 0.717) is 24.6 Å². The standard InChI is InChI=1S/C19H26ClN3O2/c1-13(2)25-11-5-10-21-19(24)12-18-14(3)22-23(15(18)4)17-8-6-16(20)7-9-17/h6-9,13H,5,10-12H2,1-4H3,(H,21,24). The van der Waals surface area contributed by atoms with Gasteiger partial charge in [-0.15, -0.1) is 0 Å².